The van der Waals surface area contributed by atoms with Crippen LogP contribution in [0.3, 0.4) is 0 Å². The van der Waals surface area contributed by atoms with E-state index in [0.717, 1.165) is 30.5 Å². The van der Waals surface area contributed by atoms with Gasteiger partial charge in [-0.3, -0.25) is 4.79 Å². The number of benzene rings is 1. The van der Waals surface area contributed by atoms with Crippen molar-refractivity contribution in [3.8, 4) is 0 Å². The summed E-state index contributed by atoms with van der Waals surface area (Å²) in [5.41, 5.74) is 7.34. The number of carbonyl (C=O) groups excluding carboxylic acids is 1. The third-order valence-electron chi connectivity index (χ3n) is 3.55. The average Bonchev–Trinajstić information content (AvgIpc) is 2.37. The second kappa shape index (κ2) is 5.48. The Kier molecular flexibility index (Phi) is 3.97. The molecular formula is C14H19FN2O. The highest BCUT2D eigenvalue weighted by molar-refractivity contribution is 5.79. The normalized spacial score (nSPS) is 20.3. The van der Waals surface area contributed by atoms with Crippen molar-refractivity contribution in [1.82, 2.24) is 4.90 Å². The Morgan fingerprint density at radius 3 is 2.94 bits per heavy atom. The summed E-state index contributed by atoms with van der Waals surface area (Å²) in [6.45, 7) is 3.58. The molecule has 0 spiro atoms. The number of hydrogen-bond donors (Lipinski definition) is 1. The molecule has 0 aromatic heterocycles. The summed E-state index contributed by atoms with van der Waals surface area (Å²) in [4.78, 5) is 13.9. The van der Waals surface area contributed by atoms with E-state index < -0.39 is 0 Å². The first-order chi connectivity index (χ1) is 8.61. The Morgan fingerprint density at radius 1 is 1.44 bits per heavy atom. The molecule has 1 heterocycles. The van der Waals surface area contributed by atoms with Gasteiger partial charge in [0, 0.05) is 25.6 Å². The fourth-order valence-corrected chi connectivity index (χ4v) is 2.44. The van der Waals surface area contributed by atoms with Crippen LogP contribution in [0.5, 0.6) is 0 Å². The van der Waals surface area contributed by atoms with Crippen LogP contribution in [0, 0.1) is 11.7 Å². The van der Waals surface area contributed by atoms with Gasteiger partial charge in [0.05, 0.1) is 0 Å². The summed E-state index contributed by atoms with van der Waals surface area (Å²) in [6.07, 6.45) is 1.99. The fourth-order valence-electron chi connectivity index (χ4n) is 2.44. The van der Waals surface area contributed by atoms with Gasteiger partial charge in [-0.05, 0) is 36.1 Å². The topological polar surface area (TPSA) is 46.3 Å². The van der Waals surface area contributed by atoms with Gasteiger partial charge in [0.15, 0.2) is 0 Å². The molecule has 1 fully saturated rings. The molecule has 1 atom stereocenters. The molecule has 3 nitrogen and oxygen atoms in total. The van der Waals surface area contributed by atoms with E-state index in [-0.39, 0.29) is 17.6 Å². The highest BCUT2D eigenvalue weighted by Gasteiger charge is 2.25. The van der Waals surface area contributed by atoms with Crippen molar-refractivity contribution < 1.29 is 9.18 Å². The van der Waals surface area contributed by atoms with E-state index in [1.807, 2.05) is 11.8 Å². The van der Waals surface area contributed by atoms with Crippen LogP contribution in [0.2, 0.25) is 0 Å². The first-order valence-corrected chi connectivity index (χ1v) is 6.38. The molecule has 2 rings (SSSR count). The van der Waals surface area contributed by atoms with Crippen LogP contribution in [-0.2, 0) is 17.9 Å². The van der Waals surface area contributed by atoms with Gasteiger partial charge >= 0.3 is 0 Å². The second-order valence-electron chi connectivity index (χ2n) is 4.92. The van der Waals surface area contributed by atoms with E-state index in [0.29, 0.717) is 13.1 Å². The SMILES string of the molecule is CC1CCCN(Cc2ccc(F)cc2CN)C1=O. The molecule has 1 amide bonds. The first-order valence-electron chi connectivity index (χ1n) is 6.38. The quantitative estimate of drug-likeness (QED) is 0.892. The number of rotatable bonds is 3. The highest BCUT2D eigenvalue weighted by Crippen LogP contribution is 2.21. The van der Waals surface area contributed by atoms with Gasteiger partial charge < -0.3 is 10.6 Å². The lowest BCUT2D eigenvalue weighted by Gasteiger charge is -2.31. The zero-order chi connectivity index (χ0) is 13.1. The Bertz CT molecular complexity index is 447. The van der Waals surface area contributed by atoms with Crippen LogP contribution >= 0.6 is 0 Å². The lowest BCUT2D eigenvalue weighted by Crippen LogP contribution is -2.39. The molecule has 1 unspecified atom stereocenters. The van der Waals surface area contributed by atoms with Gasteiger partial charge in [-0.2, -0.15) is 0 Å². The van der Waals surface area contributed by atoms with E-state index in [4.69, 9.17) is 5.73 Å². The minimum Gasteiger partial charge on any atom is -0.338 e. The molecule has 1 aromatic carbocycles. The van der Waals surface area contributed by atoms with Gasteiger partial charge in [0.2, 0.25) is 5.91 Å². The fraction of sp³-hybridized carbons (Fsp3) is 0.500. The van der Waals surface area contributed by atoms with E-state index >= 15 is 0 Å². The number of amides is 1. The predicted octanol–water partition coefficient (Wildman–Crippen LogP) is 2.04. The third kappa shape index (κ3) is 2.70. The standard InChI is InChI=1S/C14H19FN2O/c1-10-3-2-6-17(14(10)18)9-11-4-5-13(15)7-12(11)8-16/h4-5,7,10H,2-3,6,8-9,16H2,1H3. The summed E-state index contributed by atoms with van der Waals surface area (Å²) in [6, 6.07) is 4.60. The van der Waals surface area contributed by atoms with Crippen molar-refractivity contribution in [1.29, 1.82) is 0 Å². The molecule has 0 saturated carbocycles. The molecule has 4 heteroatoms. The van der Waals surface area contributed by atoms with Crippen LogP contribution in [0.15, 0.2) is 18.2 Å². The van der Waals surface area contributed by atoms with Crippen molar-refractivity contribution in [2.24, 2.45) is 11.7 Å². The van der Waals surface area contributed by atoms with Crippen molar-refractivity contribution in [3.05, 3.63) is 35.1 Å². The molecule has 18 heavy (non-hydrogen) atoms. The molecule has 1 aliphatic rings. The van der Waals surface area contributed by atoms with Crippen molar-refractivity contribution in [3.63, 3.8) is 0 Å². The third-order valence-corrected chi connectivity index (χ3v) is 3.55. The lowest BCUT2D eigenvalue weighted by molar-refractivity contribution is -0.138. The van der Waals surface area contributed by atoms with Crippen molar-refractivity contribution >= 4 is 5.91 Å². The van der Waals surface area contributed by atoms with Crippen molar-refractivity contribution in [2.75, 3.05) is 6.54 Å². The summed E-state index contributed by atoms with van der Waals surface area (Å²) < 4.78 is 13.1. The Morgan fingerprint density at radius 2 is 2.22 bits per heavy atom. The Balaban J connectivity index is 2.15. The van der Waals surface area contributed by atoms with Gasteiger partial charge in [-0.25, -0.2) is 4.39 Å². The zero-order valence-corrected chi connectivity index (χ0v) is 10.7. The average molecular weight is 250 g/mol. The first kappa shape index (κ1) is 13.0. The summed E-state index contributed by atoms with van der Waals surface area (Å²) >= 11 is 0. The number of hydrogen-bond acceptors (Lipinski definition) is 2. The molecule has 1 aromatic rings. The minimum atomic E-state index is -0.280. The molecule has 98 valence electrons. The lowest BCUT2D eigenvalue weighted by atomic mass is 9.98. The van der Waals surface area contributed by atoms with Crippen LogP contribution in [-0.4, -0.2) is 17.4 Å². The number of piperidine rings is 1. The van der Waals surface area contributed by atoms with Gasteiger partial charge in [0.25, 0.3) is 0 Å². The van der Waals surface area contributed by atoms with Gasteiger partial charge in [-0.15, -0.1) is 0 Å². The smallest absolute Gasteiger partial charge is 0.225 e. The maximum absolute atomic E-state index is 13.1. The monoisotopic (exact) mass is 250 g/mol. The summed E-state index contributed by atoms with van der Waals surface area (Å²) in [5.74, 6) is 0.00612. The second-order valence-corrected chi connectivity index (χ2v) is 4.92. The van der Waals surface area contributed by atoms with Crippen LogP contribution in [0.1, 0.15) is 30.9 Å². The molecule has 1 aliphatic heterocycles. The van der Waals surface area contributed by atoms with E-state index in [1.54, 1.807) is 6.07 Å². The zero-order valence-electron chi connectivity index (χ0n) is 10.7. The van der Waals surface area contributed by atoms with Crippen LogP contribution in [0.25, 0.3) is 0 Å². The Hall–Kier alpha value is -1.42. The number of likely N-dealkylation sites (tertiary alicyclic amines) is 1. The summed E-state index contributed by atoms with van der Waals surface area (Å²) in [7, 11) is 0. The number of halogens is 1. The molecule has 0 radical (unpaired) electrons. The van der Waals surface area contributed by atoms with Crippen LogP contribution in [0.4, 0.5) is 4.39 Å². The van der Waals surface area contributed by atoms with Crippen LogP contribution < -0.4 is 5.73 Å². The van der Waals surface area contributed by atoms with Gasteiger partial charge in [0.1, 0.15) is 5.82 Å². The number of carbonyl (C=O) groups is 1. The van der Waals surface area contributed by atoms with E-state index in [9.17, 15) is 9.18 Å². The maximum Gasteiger partial charge on any atom is 0.225 e. The van der Waals surface area contributed by atoms with Gasteiger partial charge in [-0.1, -0.05) is 13.0 Å². The molecular weight excluding hydrogens is 231 g/mol. The Labute approximate surface area is 107 Å². The molecule has 0 aliphatic carbocycles. The minimum absolute atomic E-state index is 0.0977. The van der Waals surface area contributed by atoms with Crippen molar-refractivity contribution in [2.45, 2.75) is 32.9 Å². The molecule has 2 N–H and O–H groups in total. The largest absolute Gasteiger partial charge is 0.338 e. The predicted molar refractivity (Wildman–Crippen MR) is 68.1 cm³/mol. The maximum atomic E-state index is 13.1. The number of nitrogens with zero attached hydrogens (tertiary/aromatic N) is 1. The van der Waals surface area contributed by atoms with E-state index in [1.165, 1.54) is 12.1 Å². The van der Waals surface area contributed by atoms with E-state index in [2.05, 4.69) is 0 Å². The molecule has 0 bridgehead atoms. The highest BCUT2D eigenvalue weighted by atomic mass is 19.1. The summed E-state index contributed by atoms with van der Waals surface area (Å²) in [5, 5.41) is 0. The number of nitrogens with two attached hydrogens (primary N) is 1. The molecule has 1 saturated heterocycles.